The number of sulfonamides is 1. The van der Waals surface area contributed by atoms with Crippen LogP contribution in [-0.2, 0) is 14.8 Å². The molecule has 0 bridgehead atoms. The van der Waals surface area contributed by atoms with Crippen LogP contribution in [0, 0.1) is 27.7 Å². The van der Waals surface area contributed by atoms with Crippen molar-refractivity contribution < 1.29 is 22.7 Å². The Bertz CT molecular complexity index is 1080. The molecule has 0 spiro atoms. The lowest BCUT2D eigenvalue weighted by molar-refractivity contribution is 0.0474. The van der Waals surface area contributed by atoms with E-state index in [1.807, 2.05) is 33.8 Å². The summed E-state index contributed by atoms with van der Waals surface area (Å²) in [6.45, 7) is 8.49. The molecule has 0 amide bonds. The average Bonchev–Trinajstić information content (AvgIpc) is 3.28. The van der Waals surface area contributed by atoms with E-state index in [1.54, 1.807) is 0 Å². The zero-order valence-corrected chi connectivity index (χ0v) is 18.6. The quantitative estimate of drug-likeness (QED) is 0.516. The van der Waals surface area contributed by atoms with Gasteiger partial charge in [0.25, 0.3) is 0 Å². The molecule has 2 aromatic carbocycles. The van der Waals surface area contributed by atoms with Crippen molar-refractivity contribution in [1.82, 2.24) is 4.31 Å². The summed E-state index contributed by atoms with van der Waals surface area (Å²) >= 11 is 0. The van der Waals surface area contributed by atoms with Crippen LogP contribution < -0.4 is 0 Å². The second-order valence-electron chi connectivity index (χ2n) is 7.75. The zero-order valence-electron chi connectivity index (χ0n) is 17.8. The van der Waals surface area contributed by atoms with Gasteiger partial charge < -0.3 is 4.74 Å². The number of benzene rings is 2. The molecule has 6 nitrogen and oxygen atoms in total. The molecule has 1 saturated heterocycles. The fourth-order valence-corrected chi connectivity index (χ4v) is 5.15. The number of ketones is 1. The van der Waals surface area contributed by atoms with Crippen molar-refractivity contribution in [2.45, 2.75) is 45.4 Å². The number of hydrogen-bond acceptors (Lipinski definition) is 5. The van der Waals surface area contributed by atoms with Crippen molar-refractivity contribution in [1.29, 1.82) is 0 Å². The first-order chi connectivity index (χ1) is 14.1. The van der Waals surface area contributed by atoms with Gasteiger partial charge in [-0.2, -0.15) is 4.31 Å². The van der Waals surface area contributed by atoms with Crippen molar-refractivity contribution in [2.24, 2.45) is 0 Å². The Morgan fingerprint density at radius 3 is 2.13 bits per heavy atom. The van der Waals surface area contributed by atoms with Crippen molar-refractivity contribution >= 4 is 21.8 Å². The molecule has 1 aliphatic rings. The minimum Gasteiger partial charge on any atom is -0.454 e. The Balaban J connectivity index is 1.68. The fraction of sp³-hybridized carbons (Fsp3) is 0.391. The maximum absolute atomic E-state index is 12.6. The minimum atomic E-state index is -3.53. The monoisotopic (exact) mass is 429 g/mol. The lowest BCUT2D eigenvalue weighted by Crippen LogP contribution is -2.27. The third-order valence-electron chi connectivity index (χ3n) is 5.91. The molecule has 1 aliphatic heterocycles. The Kier molecular flexibility index (Phi) is 6.43. The van der Waals surface area contributed by atoms with Crippen molar-refractivity contribution in [3.8, 4) is 0 Å². The molecule has 160 valence electrons. The standard InChI is InChI=1S/C23H27NO5S/c1-15-13-21(18(4)17(3)16(15)2)22(25)14-29-23(26)19-7-9-20(10-8-19)30(27,28)24-11-5-6-12-24/h7-10,13H,5-6,11-12,14H2,1-4H3. The topological polar surface area (TPSA) is 80.8 Å². The number of Topliss-reactive ketones (excluding diaryl/α,β-unsaturated/α-hetero) is 1. The zero-order chi connectivity index (χ0) is 22.1. The molecule has 0 aliphatic carbocycles. The molecule has 0 atom stereocenters. The van der Waals surface area contributed by atoms with Gasteiger partial charge >= 0.3 is 5.97 Å². The maximum Gasteiger partial charge on any atom is 0.338 e. The molecule has 0 unspecified atom stereocenters. The minimum absolute atomic E-state index is 0.151. The second kappa shape index (κ2) is 8.70. The molecular formula is C23H27NO5S. The summed E-state index contributed by atoms with van der Waals surface area (Å²) in [4.78, 5) is 25.1. The summed E-state index contributed by atoms with van der Waals surface area (Å²) in [5.74, 6) is -0.924. The molecule has 1 heterocycles. The number of carbonyl (C=O) groups is 2. The highest BCUT2D eigenvalue weighted by Crippen LogP contribution is 2.23. The number of carbonyl (C=O) groups excluding carboxylic acids is 2. The van der Waals surface area contributed by atoms with Gasteiger partial charge in [-0.15, -0.1) is 0 Å². The number of aryl methyl sites for hydroxylation is 1. The van der Waals surface area contributed by atoms with Gasteiger partial charge in [0.2, 0.25) is 15.8 Å². The van der Waals surface area contributed by atoms with Crippen molar-refractivity contribution in [2.75, 3.05) is 19.7 Å². The van der Waals surface area contributed by atoms with Gasteiger partial charge in [0.15, 0.2) is 6.61 Å². The summed E-state index contributed by atoms with van der Waals surface area (Å²) in [6, 6.07) is 7.47. The summed E-state index contributed by atoms with van der Waals surface area (Å²) < 4.78 is 31.8. The first-order valence-electron chi connectivity index (χ1n) is 10.0. The molecule has 30 heavy (non-hydrogen) atoms. The Morgan fingerprint density at radius 1 is 0.933 bits per heavy atom. The van der Waals surface area contributed by atoms with Crippen LogP contribution in [-0.4, -0.2) is 44.2 Å². The summed E-state index contributed by atoms with van der Waals surface area (Å²) in [5, 5.41) is 0. The molecule has 3 rings (SSSR count). The molecule has 2 aromatic rings. The van der Waals surface area contributed by atoms with Crippen LogP contribution in [0.1, 0.15) is 55.8 Å². The molecule has 1 fully saturated rings. The van der Waals surface area contributed by atoms with E-state index >= 15 is 0 Å². The third-order valence-corrected chi connectivity index (χ3v) is 7.82. The van der Waals surface area contributed by atoms with E-state index in [0.717, 1.165) is 35.1 Å². The molecule has 0 N–H and O–H groups in total. The van der Waals surface area contributed by atoms with Crippen LogP contribution in [0.15, 0.2) is 35.2 Å². The maximum atomic E-state index is 12.6. The largest absolute Gasteiger partial charge is 0.454 e. The van der Waals surface area contributed by atoms with E-state index < -0.39 is 16.0 Å². The van der Waals surface area contributed by atoms with E-state index in [4.69, 9.17) is 4.74 Å². The first kappa shape index (κ1) is 22.2. The summed E-state index contributed by atoms with van der Waals surface area (Å²) in [6.07, 6.45) is 1.72. The number of hydrogen-bond donors (Lipinski definition) is 0. The highest BCUT2D eigenvalue weighted by Gasteiger charge is 2.27. The molecule has 0 radical (unpaired) electrons. The fourth-order valence-electron chi connectivity index (χ4n) is 3.63. The Morgan fingerprint density at radius 2 is 1.53 bits per heavy atom. The van der Waals surface area contributed by atoms with E-state index in [2.05, 4.69) is 0 Å². The lowest BCUT2D eigenvalue weighted by atomic mass is 9.93. The smallest absolute Gasteiger partial charge is 0.338 e. The molecule has 7 heteroatoms. The predicted molar refractivity (Wildman–Crippen MR) is 114 cm³/mol. The molecular weight excluding hydrogens is 402 g/mol. The highest BCUT2D eigenvalue weighted by atomic mass is 32.2. The molecule has 0 saturated carbocycles. The number of rotatable bonds is 6. The highest BCUT2D eigenvalue weighted by molar-refractivity contribution is 7.89. The van der Waals surface area contributed by atoms with E-state index in [0.29, 0.717) is 18.7 Å². The van der Waals surface area contributed by atoms with Crippen LogP contribution in [0.25, 0.3) is 0 Å². The van der Waals surface area contributed by atoms with Gasteiger partial charge in [-0.3, -0.25) is 4.79 Å². The number of nitrogens with zero attached hydrogens (tertiary/aromatic N) is 1. The summed E-state index contributed by atoms with van der Waals surface area (Å²) in [7, 11) is -3.53. The second-order valence-corrected chi connectivity index (χ2v) is 9.69. The van der Waals surface area contributed by atoms with Crippen LogP contribution in [0.4, 0.5) is 0 Å². The SMILES string of the molecule is Cc1cc(C(=O)COC(=O)c2ccc(S(=O)(=O)N3CCCC3)cc2)c(C)c(C)c1C. The van der Waals surface area contributed by atoms with Gasteiger partial charge in [0.1, 0.15) is 0 Å². The van der Waals surface area contributed by atoms with Gasteiger partial charge in [-0.25, -0.2) is 13.2 Å². The molecule has 0 aromatic heterocycles. The van der Waals surface area contributed by atoms with Gasteiger partial charge in [0.05, 0.1) is 10.5 Å². The van der Waals surface area contributed by atoms with Crippen molar-refractivity contribution in [3.63, 3.8) is 0 Å². The summed E-state index contributed by atoms with van der Waals surface area (Å²) in [5.41, 5.74) is 4.86. The van der Waals surface area contributed by atoms with E-state index in [1.165, 1.54) is 28.6 Å². The predicted octanol–water partition coefficient (Wildman–Crippen LogP) is 3.74. The van der Waals surface area contributed by atoms with Crippen molar-refractivity contribution in [3.05, 3.63) is 63.7 Å². The van der Waals surface area contributed by atoms with Crippen LogP contribution in [0.2, 0.25) is 0 Å². The Labute approximate surface area is 177 Å². The first-order valence-corrected chi connectivity index (χ1v) is 11.4. The van der Waals surface area contributed by atoms with E-state index in [9.17, 15) is 18.0 Å². The Hall–Kier alpha value is -2.51. The van der Waals surface area contributed by atoms with Crippen LogP contribution >= 0.6 is 0 Å². The number of ether oxygens (including phenoxy) is 1. The lowest BCUT2D eigenvalue weighted by Gasteiger charge is -2.15. The number of esters is 1. The van der Waals surface area contributed by atoms with E-state index in [-0.39, 0.29) is 22.8 Å². The van der Waals surface area contributed by atoms with Crippen LogP contribution in [0.3, 0.4) is 0 Å². The normalized spacial score (nSPS) is 14.7. The van der Waals surface area contributed by atoms with Crippen LogP contribution in [0.5, 0.6) is 0 Å². The average molecular weight is 430 g/mol. The van der Waals surface area contributed by atoms with Gasteiger partial charge in [-0.05, 0) is 93.1 Å². The third kappa shape index (κ3) is 4.32. The van der Waals surface area contributed by atoms with Gasteiger partial charge in [-0.1, -0.05) is 0 Å². The van der Waals surface area contributed by atoms with Gasteiger partial charge in [0, 0.05) is 18.7 Å².